The second-order valence-electron chi connectivity index (χ2n) is 4.29. The largest absolute Gasteiger partial charge is 0.464 e. The summed E-state index contributed by atoms with van der Waals surface area (Å²) in [6.07, 6.45) is 1.25. The zero-order chi connectivity index (χ0) is 9.59. The van der Waals surface area contributed by atoms with Gasteiger partial charge in [-0.25, -0.2) is 0 Å². The summed E-state index contributed by atoms with van der Waals surface area (Å²) in [7, 11) is 0. The molecule has 1 aliphatic rings. The van der Waals surface area contributed by atoms with Crippen LogP contribution < -0.4 is 5.73 Å². The average Bonchev–Trinajstić information content (AvgIpc) is 2.70. The van der Waals surface area contributed by atoms with Crippen LogP contribution in [0, 0.1) is 25.7 Å². The molecule has 1 heterocycles. The Morgan fingerprint density at radius 2 is 2.15 bits per heavy atom. The van der Waals surface area contributed by atoms with Crippen molar-refractivity contribution in [1.29, 1.82) is 0 Å². The predicted molar refractivity (Wildman–Crippen MR) is 52.4 cm³/mol. The van der Waals surface area contributed by atoms with Crippen LogP contribution in [-0.4, -0.2) is 0 Å². The van der Waals surface area contributed by atoms with E-state index in [1.54, 1.807) is 0 Å². The van der Waals surface area contributed by atoms with Gasteiger partial charge in [0.25, 0.3) is 0 Å². The van der Waals surface area contributed by atoms with Gasteiger partial charge < -0.3 is 10.2 Å². The highest BCUT2D eigenvalue weighted by atomic mass is 16.3. The molecule has 3 unspecified atom stereocenters. The normalized spacial score (nSPS) is 28.9. The molecule has 2 N–H and O–H groups in total. The molecule has 1 fully saturated rings. The second kappa shape index (κ2) is 2.88. The maximum atomic E-state index is 6.08. The van der Waals surface area contributed by atoms with Gasteiger partial charge in [0.05, 0.1) is 6.04 Å². The molecule has 1 saturated carbocycles. The van der Waals surface area contributed by atoms with Crippen LogP contribution in [0.5, 0.6) is 0 Å². The minimum Gasteiger partial charge on any atom is -0.464 e. The van der Waals surface area contributed by atoms with Gasteiger partial charge in [-0.1, -0.05) is 6.92 Å². The molecule has 72 valence electrons. The summed E-state index contributed by atoms with van der Waals surface area (Å²) in [6.45, 7) is 6.29. The SMILES string of the molecule is Cc1cc(C(N)C2CC2C)oc1C. The number of nitrogens with two attached hydrogens (primary N) is 1. The molecule has 3 atom stereocenters. The van der Waals surface area contributed by atoms with Gasteiger partial charge in [-0.15, -0.1) is 0 Å². The number of furan rings is 1. The zero-order valence-corrected chi connectivity index (χ0v) is 8.50. The Labute approximate surface area is 79.1 Å². The monoisotopic (exact) mass is 179 g/mol. The van der Waals surface area contributed by atoms with Crippen LogP contribution in [0.4, 0.5) is 0 Å². The molecule has 2 rings (SSSR count). The molecule has 0 spiro atoms. The van der Waals surface area contributed by atoms with Gasteiger partial charge in [0.1, 0.15) is 11.5 Å². The van der Waals surface area contributed by atoms with Gasteiger partial charge >= 0.3 is 0 Å². The summed E-state index contributed by atoms with van der Waals surface area (Å²) in [5.41, 5.74) is 7.29. The molecular formula is C11H17NO. The summed E-state index contributed by atoms with van der Waals surface area (Å²) >= 11 is 0. The molecular weight excluding hydrogens is 162 g/mol. The van der Waals surface area contributed by atoms with Gasteiger partial charge in [-0.2, -0.15) is 0 Å². The van der Waals surface area contributed by atoms with E-state index in [1.165, 1.54) is 12.0 Å². The van der Waals surface area contributed by atoms with Crippen molar-refractivity contribution in [2.45, 2.75) is 33.2 Å². The van der Waals surface area contributed by atoms with Gasteiger partial charge in [-0.05, 0) is 43.7 Å². The molecule has 2 nitrogen and oxygen atoms in total. The first-order valence-electron chi connectivity index (χ1n) is 4.92. The van der Waals surface area contributed by atoms with Crippen LogP contribution in [0.25, 0.3) is 0 Å². The average molecular weight is 179 g/mol. The van der Waals surface area contributed by atoms with Crippen LogP contribution in [-0.2, 0) is 0 Å². The lowest BCUT2D eigenvalue weighted by atomic mass is 10.1. The molecule has 0 bridgehead atoms. The number of rotatable bonds is 2. The lowest BCUT2D eigenvalue weighted by Gasteiger charge is -2.06. The Bertz CT molecular complexity index is 296. The molecule has 0 aliphatic heterocycles. The van der Waals surface area contributed by atoms with Crippen molar-refractivity contribution in [3.05, 3.63) is 23.2 Å². The van der Waals surface area contributed by atoms with E-state index in [0.29, 0.717) is 5.92 Å². The summed E-state index contributed by atoms with van der Waals surface area (Å²) in [5, 5.41) is 0. The molecule has 0 saturated heterocycles. The first-order valence-corrected chi connectivity index (χ1v) is 4.92. The summed E-state index contributed by atoms with van der Waals surface area (Å²) in [5.74, 6) is 3.38. The molecule has 13 heavy (non-hydrogen) atoms. The summed E-state index contributed by atoms with van der Waals surface area (Å²) in [4.78, 5) is 0. The predicted octanol–water partition coefficient (Wildman–Crippen LogP) is 2.55. The van der Waals surface area contributed by atoms with E-state index in [1.807, 2.05) is 6.92 Å². The Morgan fingerprint density at radius 3 is 2.54 bits per heavy atom. The van der Waals surface area contributed by atoms with Crippen LogP contribution >= 0.6 is 0 Å². The molecule has 0 amide bonds. The lowest BCUT2D eigenvalue weighted by molar-refractivity contribution is 0.418. The highest BCUT2D eigenvalue weighted by Crippen LogP contribution is 2.46. The van der Waals surface area contributed by atoms with Gasteiger partial charge in [0.15, 0.2) is 0 Å². The van der Waals surface area contributed by atoms with Gasteiger partial charge in [0, 0.05) is 0 Å². The van der Waals surface area contributed by atoms with E-state index in [4.69, 9.17) is 10.2 Å². The Hall–Kier alpha value is -0.760. The van der Waals surface area contributed by atoms with Crippen molar-refractivity contribution < 1.29 is 4.42 Å². The van der Waals surface area contributed by atoms with E-state index < -0.39 is 0 Å². The summed E-state index contributed by atoms with van der Waals surface area (Å²) < 4.78 is 5.60. The smallest absolute Gasteiger partial charge is 0.121 e. The Kier molecular flexibility index (Phi) is 1.95. The standard InChI is InChI=1S/C11H17NO/c1-6-5-10(13-8(6)3)11(12)9-4-7(9)2/h5,7,9,11H,4,12H2,1-3H3. The Morgan fingerprint density at radius 1 is 1.54 bits per heavy atom. The molecule has 1 aliphatic carbocycles. The van der Waals surface area contributed by atoms with Crippen molar-refractivity contribution in [2.75, 3.05) is 0 Å². The molecule has 2 heteroatoms. The van der Waals surface area contributed by atoms with Crippen molar-refractivity contribution in [3.8, 4) is 0 Å². The fraction of sp³-hybridized carbons (Fsp3) is 0.636. The lowest BCUT2D eigenvalue weighted by Crippen LogP contribution is -2.12. The van der Waals surface area contributed by atoms with Gasteiger partial charge in [-0.3, -0.25) is 0 Å². The first-order chi connectivity index (χ1) is 6.09. The van der Waals surface area contributed by atoms with E-state index in [-0.39, 0.29) is 6.04 Å². The molecule has 1 aromatic rings. The van der Waals surface area contributed by atoms with Crippen LogP contribution in [0.2, 0.25) is 0 Å². The quantitative estimate of drug-likeness (QED) is 0.757. The van der Waals surface area contributed by atoms with Crippen molar-refractivity contribution in [3.63, 3.8) is 0 Å². The van der Waals surface area contributed by atoms with Crippen molar-refractivity contribution in [2.24, 2.45) is 17.6 Å². The van der Waals surface area contributed by atoms with Crippen LogP contribution in [0.3, 0.4) is 0 Å². The van der Waals surface area contributed by atoms with Crippen molar-refractivity contribution >= 4 is 0 Å². The third kappa shape index (κ3) is 1.51. The minimum absolute atomic E-state index is 0.113. The summed E-state index contributed by atoms with van der Waals surface area (Å²) in [6, 6.07) is 2.19. The van der Waals surface area contributed by atoms with Crippen LogP contribution in [0.15, 0.2) is 10.5 Å². The maximum Gasteiger partial charge on any atom is 0.121 e. The van der Waals surface area contributed by atoms with E-state index >= 15 is 0 Å². The van der Waals surface area contributed by atoms with Crippen LogP contribution in [0.1, 0.15) is 36.5 Å². The highest BCUT2D eigenvalue weighted by Gasteiger charge is 2.39. The van der Waals surface area contributed by atoms with E-state index in [9.17, 15) is 0 Å². The fourth-order valence-electron chi connectivity index (χ4n) is 1.83. The minimum atomic E-state index is 0.113. The highest BCUT2D eigenvalue weighted by molar-refractivity contribution is 5.22. The zero-order valence-electron chi connectivity index (χ0n) is 8.50. The van der Waals surface area contributed by atoms with E-state index in [0.717, 1.165) is 17.4 Å². The van der Waals surface area contributed by atoms with Crippen molar-refractivity contribution in [1.82, 2.24) is 0 Å². The third-order valence-corrected chi connectivity index (χ3v) is 3.15. The Balaban J connectivity index is 2.16. The molecule has 1 aromatic heterocycles. The number of aryl methyl sites for hydroxylation is 2. The fourth-order valence-corrected chi connectivity index (χ4v) is 1.83. The topological polar surface area (TPSA) is 39.2 Å². The second-order valence-corrected chi connectivity index (χ2v) is 4.29. The molecule has 0 radical (unpaired) electrons. The molecule has 0 aromatic carbocycles. The van der Waals surface area contributed by atoms with Gasteiger partial charge in [0.2, 0.25) is 0 Å². The maximum absolute atomic E-state index is 6.08. The number of hydrogen-bond donors (Lipinski definition) is 1. The van der Waals surface area contributed by atoms with E-state index in [2.05, 4.69) is 19.9 Å². The third-order valence-electron chi connectivity index (χ3n) is 3.15. The first kappa shape index (κ1) is 8.82. The number of hydrogen-bond acceptors (Lipinski definition) is 2.